The van der Waals surface area contributed by atoms with E-state index in [1.807, 2.05) is 48.5 Å². The van der Waals surface area contributed by atoms with Gasteiger partial charge in [-0.05, 0) is 18.2 Å². The van der Waals surface area contributed by atoms with Gasteiger partial charge in [-0.15, -0.1) is 5.10 Å². The summed E-state index contributed by atoms with van der Waals surface area (Å²) in [4.78, 5) is 11.1. The van der Waals surface area contributed by atoms with Gasteiger partial charge in [-0.2, -0.15) is 5.10 Å². The molecule has 0 spiro atoms. The van der Waals surface area contributed by atoms with Crippen LogP contribution in [0.2, 0.25) is 5.02 Å². The van der Waals surface area contributed by atoms with E-state index in [4.69, 9.17) is 16.3 Å². The molecule has 0 atom stereocenters. The molecular formula is C17H14ClN3O2S. The Morgan fingerprint density at radius 2 is 2.00 bits per heavy atom. The molecule has 1 saturated heterocycles. The number of hydrogen-bond acceptors (Lipinski definition) is 5. The Labute approximate surface area is 148 Å². The maximum atomic E-state index is 11.1. The Bertz CT molecular complexity index is 808. The van der Waals surface area contributed by atoms with Crippen molar-refractivity contribution in [3.63, 3.8) is 0 Å². The molecule has 0 radical (unpaired) electrons. The second-order valence-electron chi connectivity index (χ2n) is 4.90. The lowest BCUT2D eigenvalue weighted by Gasteiger charge is -2.09. The quantitative estimate of drug-likeness (QED) is 0.656. The summed E-state index contributed by atoms with van der Waals surface area (Å²) < 4.78 is 5.84. The highest BCUT2D eigenvalue weighted by Crippen LogP contribution is 2.21. The van der Waals surface area contributed by atoms with Crippen LogP contribution in [0.5, 0.6) is 5.75 Å². The normalized spacial score (nSPS) is 15.9. The Morgan fingerprint density at radius 3 is 2.79 bits per heavy atom. The number of thioether (sulfide) groups is 1. The highest BCUT2D eigenvalue weighted by molar-refractivity contribution is 8.15. The van der Waals surface area contributed by atoms with Gasteiger partial charge in [-0.1, -0.05) is 53.7 Å². The molecule has 2 aromatic carbocycles. The average molecular weight is 360 g/mol. The largest absolute Gasteiger partial charge is 0.488 e. The molecule has 3 rings (SSSR count). The van der Waals surface area contributed by atoms with Gasteiger partial charge >= 0.3 is 0 Å². The van der Waals surface area contributed by atoms with Crippen molar-refractivity contribution in [2.75, 3.05) is 5.75 Å². The molecule has 2 aromatic rings. The van der Waals surface area contributed by atoms with E-state index in [1.165, 1.54) is 11.8 Å². The Kier molecular flexibility index (Phi) is 5.51. The highest BCUT2D eigenvalue weighted by Gasteiger charge is 2.15. The minimum atomic E-state index is -0.0579. The van der Waals surface area contributed by atoms with Gasteiger partial charge in [0.15, 0.2) is 5.17 Å². The first-order valence-electron chi connectivity index (χ1n) is 7.21. The predicted octanol–water partition coefficient (Wildman–Crippen LogP) is 3.47. The molecule has 1 aliphatic rings. The molecule has 5 nitrogen and oxygen atoms in total. The summed E-state index contributed by atoms with van der Waals surface area (Å²) in [5, 5.41) is 11.8. The molecule has 1 fully saturated rings. The maximum absolute atomic E-state index is 11.1. The standard InChI is InChI=1S/C17H14ClN3O2S/c18-14-7-3-1-6-13(14)10-23-15-8-4-2-5-12(15)9-19-21-17-20-16(22)11-24-17/h1-9H,10-11H2,(H,20,21,22). The second-order valence-corrected chi connectivity index (χ2v) is 6.28. The van der Waals surface area contributed by atoms with Gasteiger partial charge in [0.05, 0.1) is 12.0 Å². The number of hydrogen-bond donors (Lipinski definition) is 1. The van der Waals surface area contributed by atoms with Crippen molar-refractivity contribution in [2.24, 2.45) is 10.2 Å². The van der Waals surface area contributed by atoms with E-state index in [9.17, 15) is 4.79 Å². The van der Waals surface area contributed by atoms with Crippen molar-refractivity contribution in [3.05, 3.63) is 64.7 Å². The van der Waals surface area contributed by atoms with Crippen LogP contribution < -0.4 is 10.1 Å². The van der Waals surface area contributed by atoms with E-state index < -0.39 is 0 Å². The summed E-state index contributed by atoms with van der Waals surface area (Å²) in [6.45, 7) is 0.366. The molecule has 1 amide bonds. The van der Waals surface area contributed by atoms with E-state index in [-0.39, 0.29) is 5.91 Å². The first-order chi connectivity index (χ1) is 11.7. The molecule has 0 bridgehead atoms. The predicted molar refractivity (Wildman–Crippen MR) is 97.9 cm³/mol. The zero-order chi connectivity index (χ0) is 16.8. The average Bonchev–Trinajstić information content (AvgIpc) is 3.00. The van der Waals surface area contributed by atoms with Crippen molar-refractivity contribution in [1.82, 2.24) is 5.32 Å². The second kappa shape index (κ2) is 7.99. The fourth-order valence-electron chi connectivity index (χ4n) is 2.01. The summed E-state index contributed by atoms with van der Waals surface area (Å²) >= 11 is 7.47. The zero-order valence-electron chi connectivity index (χ0n) is 12.6. The molecule has 0 unspecified atom stereocenters. The van der Waals surface area contributed by atoms with Crippen LogP contribution in [0.4, 0.5) is 0 Å². The van der Waals surface area contributed by atoms with Gasteiger partial charge in [-0.3, -0.25) is 4.79 Å². The number of para-hydroxylation sites is 1. The zero-order valence-corrected chi connectivity index (χ0v) is 14.2. The molecule has 1 aliphatic heterocycles. The lowest BCUT2D eigenvalue weighted by molar-refractivity contribution is -0.116. The number of amides is 1. The molecule has 0 aromatic heterocycles. The van der Waals surface area contributed by atoms with Crippen LogP contribution >= 0.6 is 23.4 Å². The first-order valence-corrected chi connectivity index (χ1v) is 8.57. The van der Waals surface area contributed by atoms with Gasteiger partial charge in [0.25, 0.3) is 0 Å². The molecule has 122 valence electrons. The number of amidine groups is 1. The van der Waals surface area contributed by atoms with Crippen LogP contribution in [0.25, 0.3) is 0 Å². The summed E-state index contributed by atoms with van der Waals surface area (Å²) in [5.74, 6) is 1.01. The van der Waals surface area contributed by atoms with Crippen LogP contribution in [0, 0.1) is 0 Å². The molecule has 0 saturated carbocycles. The molecule has 0 aliphatic carbocycles. The molecule has 1 N–H and O–H groups in total. The summed E-state index contributed by atoms with van der Waals surface area (Å²) in [7, 11) is 0. The van der Waals surface area contributed by atoms with Crippen LogP contribution in [0.1, 0.15) is 11.1 Å². The van der Waals surface area contributed by atoms with Crippen LogP contribution in [0.15, 0.2) is 58.7 Å². The van der Waals surface area contributed by atoms with Crippen molar-refractivity contribution in [3.8, 4) is 5.75 Å². The van der Waals surface area contributed by atoms with E-state index in [1.54, 1.807) is 6.21 Å². The summed E-state index contributed by atoms with van der Waals surface area (Å²) in [6, 6.07) is 15.1. The Morgan fingerprint density at radius 1 is 1.21 bits per heavy atom. The fraction of sp³-hybridized carbons (Fsp3) is 0.118. The van der Waals surface area contributed by atoms with Crippen molar-refractivity contribution >= 4 is 40.7 Å². The van der Waals surface area contributed by atoms with Gasteiger partial charge in [0, 0.05) is 16.1 Å². The number of ether oxygens (including phenoxy) is 1. The van der Waals surface area contributed by atoms with E-state index in [2.05, 4.69) is 15.5 Å². The number of carbonyl (C=O) groups is 1. The maximum Gasteiger partial charge on any atom is 0.236 e. The number of carbonyl (C=O) groups excluding carboxylic acids is 1. The van der Waals surface area contributed by atoms with Gasteiger partial charge < -0.3 is 10.1 Å². The van der Waals surface area contributed by atoms with Crippen LogP contribution in [0.3, 0.4) is 0 Å². The molecule has 24 heavy (non-hydrogen) atoms. The van der Waals surface area contributed by atoms with Crippen molar-refractivity contribution in [2.45, 2.75) is 6.61 Å². The van der Waals surface area contributed by atoms with Gasteiger partial charge in [-0.25, -0.2) is 0 Å². The summed E-state index contributed by atoms with van der Waals surface area (Å²) in [6.07, 6.45) is 1.60. The number of nitrogens with one attached hydrogen (secondary N) is 1. The van der Waals surface area contributed by atoms with E-state index in [0.29, 0.717) is 28.3 Å². The topological polar surface area (TPSA) is 63.0 Å². The summed E-state index contributed by atoms with van der Waals surface area (Å²) in [5.41, 5.74) is 1.71. The monoisotopic (exact) mass is 359 g/mol. The molecular weight excluding hydrogens is 346 g/mol. The lowest BCUT2D eigenvalue weighted by Crippen LogP contribution is -2.19. The number of nitrogens with zero attached hydrogens (tertiary/aromatic N) is 2. The minimum absolute atomic E-state index is 0.0579. The van der Waals surface area contributed by atoms with Crippen LogP contribution in [-0.2, 0) is 11.4 Å². The highest BCUT2D eigenvalue weighted by atomic mass is 35.5. The van der Waals surface area contributed by atoms with Crippen molar-refractivity contribution < 1.29 is 9.53 Å². The van der Waals surface area contributed by atoms with E-state index >= 15 is 0 Å². The number of rotatable bonds is 5. The van der Waals surface area contributed by atoms with Gasteiger partial charge in [0.1, 0.15) is 12.4 Å². The third-order valence-corrected chi connectivity index (χ3v) is 4.42. The third kappa shape index (κ3) is 4.37. The van der Waals surface area contributed by atoms with Gasteiger partial charge in [0.2, 0.25) is 5.91 Å². The Balaban J connectivity index is 1.69. The Hall–Kier alpha value is -2.31. The molecule has 1 heterocycles. The number of benzene rings is 2. The lowest BCUT2D eigenvalue weighted by atomic mass is 10.2. The number of halogens is 1. The van der Waals surface area contributed by atoms with Crippen molar-refractivity contribution in [1.29, 1.82) is 0 Å². The smallest absolute Gasteiger partial charge is 0.236 e. The van der Waals surface area contributed by atoms with Crippen LogP contribution in [-0.4, -0.2) is 23.0 Å². The fourth-order valence-corrected chi connectivity index (χ4v) is 2.83. The first kappa shape index (κ1) is 16.5. The third-order valence-electron chi connectivity index (χ3n) is 3.19. The SMILES string of the molecule is O=C1CSC(=NN=Cc2ccccc2OCc2ccccc2Cl)N1. The van der Waals surface area contributed by atoms with E-state index in [0.717, 1.165) is 11.1 Å². The molecule has 7 heteroatoms. The minimum Gasteiger partial charge on any atom is -0.488 e.